The second-order valence-electron chi connectivity index (χ2n) is 4.40. The van der Waals surface area contributed by atoms with Gasteiger partial charge in [0.1, 0.15) is 11.6 Å². The van der Waals surface area contributed by atoms with Crippen molar-refractivity contribution in [3.05, 3.63) is 64.2 Å². The fourth-order valence-corrected chi connectivity index (χ4v) is 2.31. The lowest BCUT2D eigenvalue weighted by atomic mass is 10.0. The molecule has 2 aromatic rings. The monoisotopic (exact) mass is 291 g/mol. The molecule has 1 N–H and O–H groups in total. The molecule has 1 aliphatic heterocycles. The van der Waals surface area contributed by atoms with E-state index in [4.69, 9.17) is 11.6 Å². The molecule has 1 amide bonds. The summed E-state index contributed by atoms with van der Waals surface area (Å²) < 4.78 is 26.3. The van der Waals surface area contributed by atoms with Gasteiger partial charge >= 0.3 is 0 Å². The molecule has 0 saturated heterocycles. The van der Waals surface area contributed by atoms with E-state index in [-0.39, 0.29) is 11.5 Å². The van der Waals surface area contributed by atoms with E-state index >= 15 is 0 Å². The zero-order chi connectivity index (χ0) is 14.3. The summed E-state index contributed by atoms with van der Waals surface area (Å²) in [6.07, 6.45) is 1.45. The number of benzene rings is 2. The van der Waals surface area contributed by atoms with Crippen molar-refractivity contribution >= 4 is 34.8 Å². The molecule has 20 heavy (non-hydrogen) atoms. The van der Waals surface area contributed by atoms with Crippen molar-refractivity contribution in [1.82, 2.24) is 0 Å². The number of carbonyl (C=O) groups is 1. The molecule has 100 valence electrons. The first-order valence-corrected chi connectivity index (χ1v) is 6.20. The van der Waals surface area contributed by atoms with Crippen molar-refractivity contribution in [2.75, 3.05) is 5.32 Å². The van der Waals surface area contributed by atoms with Gasteiger partial charge in [-0.3, -0.25) is 4.79 Å². The third kappa shape index (κ3) is 2.30. The van der Waals surface area contributed by atoms with Gasteiger partial charge in [-0.05, 0) is 35.9 Å². The lowest BCUT2D eigenvalue weighted by Gasteiger charge is -2.00. The zero-order valence-corrected chi connectivity index (χ0v) is 10.8. The van der Waals surface area contributed by atoms with Crippen LogP contribution in [0.25, 0.3) is 11.6 Å². The van der Waals surface area contributed by atoms with Crippen LogP contribution in [0.2, 0.25) is 5.02 Å². The molecule has 0 aliphatic carbocycles. The lowest BCUT2D eigenvalue weighted by Crippen LogP contribution is -2.03. The van der Waals surface area contributed by atoms with Gasteiger partial charge in [-0.1, -0.05) is 17.7 Å². The van der Waals surface area contributed by atoms with Crippen molar-refractivity contribution in [2.45, 2.75) is 0 Å². The third-order valence-electron chi connectivity index (χ3n) is 2.96. The Labute approximate surface area is 118 Å². The van der Waals surface area contributed by atoms with Crippen molar-refractivity contribution in [1.29, 1.82) is 0 Å². The fraction of sp³-hybridized carbons (Fsp3) is 0. The quantitative estimate of drug-likeness (QED) is 0.787. The summed E-state index contributed by atoms with van der Waals surface area (Å²) in [5.74, 6) is -1.70. The van der Waals surface area contributed by atoms with Gasteiger partial charge in [0, 0.05) is 22.2 Å². The normalized spacial score (nSPS) is 15.3. The van der Waals surface area contributed by atoms with Crippen molar-refractivity contribution < 1.29 is 13.6 Å². The molecule has 0 unspecified atom stereocenters. The molecule has 0 bridgehead atoms. The minimum Gasteiger partial charge on any atom is -0.321 e. The molecule has 0 aromatic heterocycles. The van der Waals surface area contributed by atoms with Crippen LogP contribution in [0.5, 0.6) is 0 Å². The number of fused-ring (bicyclic) bond motifs is 1. The first-order chi connectivity index (χ1) is 9.52. The Bertz CT molecular complexity index is 735. The number of rotatable bonds is 1. The molecule has 3 rings (SSSR count). The average Bonchev–Trinajstić information content (AvgIpc) is 2.64. The first-order valence-electron chi connectivity index (χ1n) is 5.82. The number of hydrogen-bond acceptors (Lipinski definition) is 1. The highest BCUT2D eigenvalue weighted by molar-refractivity contribution is 6.36. The molecule has 0 spiro atoms. The average molecular weight is 292 g/mol. The lowest BCUT2D eigenvalue weighted by molar-refractivity contribution is -0.110. The molecule has 0 fully saturated rings. The first kappa shape index (κ1) is 12.8. The van der Waals surface area contributed by atoms with Crippen LogP contribution in [0.15, 0.2) is 36.4 Å². The third-order valence-corrected chi connectivity index (χ3v) is 3.20. The Hall–Kier alpha value is -2.20. The molecule has 0 radical (unpaired) electrons. The second kappa shape index (κ2) is 4.72. The Morgan fingerprint density at radius 1 is 1.05 bits per heavy atom. The van der Waals surface area contributed by atoms with Crippen LogP contribution >= 0.6 is 11.6 Å². The second-order valence-corrected chi connectivity index (χ2v) is 4.84. The summed E-state index contributed by atoms with van der Waals surface area (Å²) in [6.45, 7) is 0. The Morgan fingerprint density at radius 2 is 1.75 bits per heavy atom. The number of carbonyl (C=O) groups excluding carboxylic acids is 1. The van der Waals surface area contributed by atoms with E-state index < -0.39 is 11.6 Å². The molecule has 0 atom stereocenters. The van der Waals surface area contributed by atoms with Crippen molar-refractivity contribution in [3.63, 3.8) is 0 Å². The number of hydrogen-bond donors (Lipinski definition) is 1. The molecular weight excluding hydrogens is 284 g/mol. The number of halogens is 3. The van der Waals surface area contributed by atoms with Crippen LogP contribution in [-0.2, 0) is 4.79 Å². The smallest absolute Gasteiger partial charge is 0.256 e. The summed E-state index contributed by atoms with van der Waals surface area (Å²) in [5, 5.41) is 3.16. The molecule has 0 saturated carbocycles. The van der Waals surface area contributed by atoms with Crippen LogP contribution in [0.1, 0.15) is 11.1 Å². The highest BCUT2D eigenvalue weighted by atomic mass is 35.5. The summed E-state index contributed by atoms with van der Waals surface area (Å²) >= 11 is 5.85. The van der Waals surface area contributed by atoms with Crippen LogP contribution in [0.3, 0.4) is 0 Å². The minimum absolute atomic E-state index is 0.287. The van der Waals surface area contributed by atoms with Gasteiger partial charge in [0.15, 0.2) is 0 Å². The number of amides is 1. The molecule has 2 aromatic carbocycles. The van der Waals surface area contributed by atoms with Gasteiger partial charge in [0.05, 0.1) is 5.69 Å². The van der Waals surface area contributed by atoms with Gasteiger partial charge in [0.2, 0.25) is 0 Å². The van der Waals surface area contributed by atoms with Gasteiger partial charge in [-0.15, -0.1) is 0 Å². The number of nitrogens with one attached hydrogen (secondary N) is 1. The van der Waals surface area contributed by atoms with Crippen LogP contribution in [0, 0.1) is 11.6 Å². The van der Waals surface area contributed by atoms with E-state index in [9.17, 15) is 13.6 Å². The van der Waals surface area contributed by atoms with E-state index in [2.05, 4.69) is 5.32 Å². The van der Waals surface area contributed by atoms with E-state index in [1.807, 2.05) is 0 Å². The topological polar surface area (TPSA) is 29.1 Å². The fourth-order valence-electron chi connectivity index (χ4n) is 2.14. The minimum atomic E-state index is -0.688. The molecule has 5 heteroatoms. The van der Waals surface area contributed by atoms with Crippen molar-refractivity contribution in [2.24, 2.45) is 0 Å². The maximum Gasteiger partial charge on any atom is 0.256 e. The largest absolute Gasteiger partial charge is 0.321 e. The summed E-state index contributed by atoms with van der Waals surface area (Å²) in [7, 11) is 0. The van der Waals surface area contributed by atoms with E-state index in [1.54, 1.807) is 18.2 Å². The SMILES string of the molecule is O=C1Nc2cc(Cl)ccc2/C1=C\c1cc(F)cc(F)c1. The van der Waals surface area contributed by atoms with Gasteiger partial charge < -0.3 is 5.32 Å². The van der Waals surface area contributed by atoms with Crippen LogP contribution < -0.4 is 5.32 Å². The van der Waals surface area contributed by atoms with E-state index in [1.165, 1.54) is 6.08 Å². The highest BCUT2D eigenvalue weighted by Crippen LogP contribution is 2.34. The predicted molar refractivity (Wildman–Crippen MR) is 74.3 cm³/mol. The Balaban J connectivity index is 2.11. The summed E-state index contributed by atoms with van der Waals surface area (Å²) in [4.78, 5) is 11.9. The molecule has 2 nitrogen and oxygen atoms in total. The molecule has 1 aliphatic rings. The Morgan fingerprint density at radius 3 is 2.45 bits per heavy atom. The van der Waals surface area contributed by atoms with Gasteiger partial charge in [0.25, 0.3) is 5.91 Å². The summed E-state index contributed by atoms with van der Waals surface area (Å²) in [6, 6.07) is 8.08. The maximum atomic E-state index is 13.2. The zero-order valence-electron chi connectivity index (χ0n) is 10.1. The molecule has 1 heterocycles. The van der Waals surface area contributed by atoms with Gasteiger partial charge in [-0.25, -0.2) is 8.78 Å². The summed E-state index contributed by atoms with van der Waals surface area (Å²) in [5.41, 5.74) is 1.88. The van der Waals surface area contributed by atoms with Crippen LogP contribution in [0.4, 0.5) is 14.5 Å². The highest BCUT2D eigenvalue weighted by Gasteiger charge is 2.24. The molecular formula is C15H8ClF2NO. The standard InChI is InChI=1S/C15H8ClF2NO/c16-9-1-2-12-13(15(20)19-14(12)6-9)5-8-3-10(17)7-11(18)4-8/h1-7H,(H,19,20)/b13-5+. The number of anilines is 1. The predicted octanol–water partition coefficient (Wildman–Crippen LogP) is 4.11. The van der Waals surface area contributed by atoms with Crippen LogP contribution in [-0.4, -0.2) is 5.91 Å². The van der Waals surface area contributed by atoms with E-state index in [0.29, 0.717) is 21.8 Å². The Kier molecular flexibility index (Phi) is 3.03. The maximum absolute atomic E-state index is 13.2. The van der Waals surface area contributed by atoms with E-state index in [0.717, 1.165) is 18.2 Å². The van der Waals surface area contributed by atoms with Crippen molar-refractivity contribution in [3.8, 4) is 0 Å². The van der Waals surface area contributed by atoms with Gasteiger partial charge in [-0.2, -0.15) is 0 Å².